The molecule has 0 saturated heterocycles. The van der Waals surface area contributed by atoms with Crippen LogP contribution in [0.4, 0.5) is 5.69 Å². The Morgan fingerprint density at radius 2 is 1.69 bits per heavy atom. The summed E-state index contributed by atoms with van der Waals surface area (Å²) in [6, 6.07) is 20.6. The van der Waals surface area contributed by atoms with Crippen molar-refractivity contribution in [3.8, 4) is 5.75 Å². The summed E-state index contributed by atoms with van der Waals surface area (Å²) in [7, 11) is -2.33. The monoisotopic (exact) mass is 571 g/mol. The number of anilines is 1. The summed E-state index contributed by atoms with van der Waals surface area (Å²) in [6.07, 6.45) is 1.29. The van der Waals surface area contributed by atoms with Crippen molar-refractivity contribution in [1.29, 1.82) is 0 Å². The van der Waals surface area contributed by atoms with Crippen molar-refractivity contribution in [3.05, 3.63) is 94.5 Å². The van der Waals surface area contributed by atoms with Gasteiger partial charge >= 0.3 is 0 Å². The van der Waals surface area contributed by atoms with Gasteiger partial charge in [0.2, 0.25) is 21.8 Å². The average Bonchev–Trinajstić information content (AvgIpc) is 2.90. The summed E-state index contributed by atoms with van der Waals surface area (Å²) in [5.74, 6) is -0.262. The first-order valence-electron chi connectivity index (χ1n) is 12.5. The highest BCUT2D eigenvalue weighted by atomic mass is 35.5. The number of hydrogen-bond acceptors (Lipinski definition) is 5. The van der Waals surface area contributed by atoms with E-state index in [1.54, 1.807) is 51.3 Å². The summed E-state index contributed by atoms with van der Waals surface area (Å²) in [5, 5.41) is 3.18. The maximum atomic E-state index is 14.0. The van der Waals surface area contributed by atoms with E-state index >= 15 is 0 Å². The van der Waals surface area contributed by atoms with Crippen molar-refractivity contribution in [2.24, 2.45) is 0 Å². The van der Waals surface area contributed by atoms with Crippen LogP contribution in [0.5, 0.6) is 5.75 Å². The van der Waals surface area contributed by atoms with Crippen molar-refractivity contribution >= 4 is 39.1 Å². The molecule has 39 heavy (non-hydrogen) atoms. The maximum absolute atomic E-state index is 14.0. The Morgan fingerprint density at radius 3 is 2.33 bits per heavy atom. The van der Waals surface area contributed by atoms with Crippen molar-refractivity contribution in [2.45, 2.75) is 32.9 Å². The number of nitrogens with one attached hydrogen (secondary N) is 1. The van der Waals surface area contributed by atoms with Gasteiger partial charge in [0.15, 0.2) is 0 Å². The smallest absolute Gasteiger partial charge is 0.244 e. The molecule has 10 heteroatoms. The van der Waals surface area contributed by atoms with Crippen LogP contribution >= 0.6 is 11.6 Å². The lowest BCUT2D eigenvalue weighted by atomic mass is 10.0. The first-order chi connectivity index (χ1) is 18.5. The Hall–Kier alpha value is -3.56. The van der Waals surface area contributed by atoms with Gasteiger partial charge in [0.25, 0.3) is 0 Å². The van der Waals surface area contributed by atoms with Crippen LogP contribution in [0.3, 0.4) is 0 Å². The SMILES string of the molecule is CCNC(=O)[C@H](Cc1ccccc1)N(Cc1cccc(OC)c1)C(=O)CN(c1cc(Cl)ccc1C)S(C)(=O)=O. The van der Waals surface area contributed by atoms with Gasteiger partial charge in [-0.2, -0.15) is 0 Å². The van der Waals surface area contributed by atoms with E-state index in [9.17, 15) is 18.0 Å². The number of benzene rings is 3. The molecule has 0 radical (unpaired) electrons. The summed E-state index contributed by atoms with van der Waals surface area (Å²) in [5.41, 5.74) is 2.54. The Balaban J connectivity index is 2.08. The Kier molecular flexibility index (Phi) is 10.4. The number of likely N-dealkylation sites (N-methyl/N-ethyl adjacent to an activating group) is 1. The topological polar surface area (TPSA) is 96.0 Å². The fraction of sp³-hybridized carbons (Fsp3) is 0.310. The third-order valence-corrected chi connectivity index (χ3v) is 7.59. The molecule has 0 aliphatic heterocycles. The molecule has 1 N–H and O–H groups in total. The van der Waals surface area contributed by atoms with Gasteiger partial charge in [-0.15, -0.1) is 0 Å². The number of aryl methyl sites for hydroxylation is 1. The lowest BCUT2D eigenvalue weighted by Gasteiger charge is -2.33. The highest BCUT2D eigenvalue weighted by molar-refractivity contribution is 7.92. The number of carbonyl (C=O) groups excluding carboxylic acids is 2. The van der Waals surface area contributed by atoms with E-state index in [-0.39, 0.29) is 18.9 Å². The molecule has 0 saturated carbocycles. The number of nitrogens with zero attached hydrogens (tertiary/aromatic N) is 2. The third kappa shape index (κ3) is 8.21. The number of carbonyl (C=O) groups is 2. The fourth-order valence-corrected chi connectivity index (χ4v) is 5.32. The summed E-state index contributed by atoms with van der Waals surface area (Å²) < 4.78 is 32.2. The summed E-state index contributed by atoms with van der Waals surface area (Å²) >= 11 is 6.18. The molecular formula is C29H34ClN3O5S. The van der Waals surface area contributed by atoms with E-state index in [1.807, 2.05) is 36.4 Å². The van der Waals surface area contributed by atoms with Crippen molar-refractivity contribution in [2.75, 3.05) is 30.8 Å². The van der Waals surface area contributed by atoms with Gasteiger partial charge in [0.1, 0.15) is 18.3 Å². The Labute approximate surface area is 235 Å². The van der Waals surface area contributed by atoms with Crippen LogP contribution in [-0.4, -0.2) is 57.6 Å². The van der Waals surface area contributed by atoms with Crippen LogP contribution < -0.4 is 14.4 Å². The van der Waals surface area contributed by atoms with Gasteiger partial charge in [-0.3, -0.25) is 13.9 Å². The summed E-state index contributed by atoms with van der Waals surface area (Å²) in [4.78, 5) is 28.9. The van der Waals surface area contributed by atoms with E-state index in [4.69, 9.17) is 16.3 Å². The molecule has 0 aliphatic carbocycles. The number of hydrogen-bond donors (Lipinski definition) is 1. The van der Waals surface area contributed by atoms with Gasteiger partial charge in [0, 0.05) is 24.5 Å². The molecule has 2 amide bonds. The van der Waals surface area contributed by atoms with Gasteiger partial charge in [-0.1, -0.05) is 60.1 Å². The Bertz CT molecular complexity index is 1400. The van der Waals surface area contributed by atoms with Crippen molar-refractivity contribution in [3.63, 3.8) is 0 Å². The van der Waals surface area contributed by atoms with Crippen molar-refractivity contribution in [1.82, 2.24) is 10.2 Å². The van der Waals surface area contributed by atoms with Crippen molar-refractivity contribution < 1.29 is 22.7 Å². The zero-order chi connectivity index (χ0) is 28.6. The standard InChI is InChI=1S/C29H34ClN3O5S/c1-5-31-29(35)27(17-22-10-7-6-8-11-22)32(19-23-12-9-13-25(16-23)38-3)28(34)20-33(39(4,36)37)26-18-24(30)15-14-21(26)2/h6-16,18,27H,5,17,19-20H2,1-4H3,(H,31,35)/t27-/m0/s1. The number of methoxy groups -OCH3 is 1. The van der Waals surface area contributed by atoms with Crippen LogP contribution in [0.2, 0.25) is 5.02 Å². The van der Waals surface area contributed by atoms with Gasteiger partial charge in [-0.25, -0.2) is 8.42 Å². The normalized spacial score (nSPS) is 11.9. The van der Waals surface area contributed by atoms with E-state index in [1.165, 1.54) is 11.0 Å². The predicted molar refractivity (Wildman–Crippen MR) is 155 cm³/mol. The highest BCUT2D eigenvalue weighted by Gasteiger charge is 2.33. The van der Waals surface area contributed by atoms with Crippen LogP contribution in [0.15, 0.2) is 72.8 Å². The molecule has 0 heterocycles. The first kappa shape index (κ1) is 30.0. The number of sulfonamides is 1. The quantitative estimate of drug-likeness (QED) is 0.351. The zero-order valence-corrected chi connectivity index (χ0v) is 24.1. The number of halogens is 1. The molecule has 3 aromatic carbocycles. The average molecular weight is 572 g/mol. The van der Waals surface area contributed by atoms with E-state index in [0.717, 1.165) is 21.7 Å². The second-order valence-corrected chi connectivity index (χ2v) is 11.5. The van der Waals surface area contributed by atoms with Gasteiger partial charge in [-0.05, 0) is 54.8 Å². The second kappa shape index (κ2) is 13.5. The minimum Gasteiger partial charge on any atom is -0.497 e. The number of amides is 2. The molecule has 8 nitrogen and oxygen atoms in total. The third-order valence-electron chi connectivity index (χ3n) is 6.23. The number of rotatable bonds is 12. The fourth-order valence-electron chi connectivity index (χ4n) is 4.26. The molecule has 0 unspecified atom stereocenters. The minimum absolute atomic E-state index is 0.0663. The number of ether oxygens (including phenoxy) is 1. The Morgan fingerprint density at radius 1 is 1.00 bits per heavy atom. The highest BCUT2D eigenvalue weighted by Crippen LogP contribution is 2.27. The van der Waals surface area contributed by atoms with Crippen LogP contribution in [0, 0.1) is 6.92 Å². The molecule has 3 aromatic rings. The molecule has 208 valence electrons. The maximum Gasteiger partial charge on any atom is 0.244 e. The summed E-state index contributed by atoms with van der Waals surface area (Å²) in [6.45, 7) is 3.49. The molecule has 0 aromatic heterocycles. The molecule has 3 rings (SSSR count). The first-order valence-corrected chi connectivity index (χ1v) is 14.7. The van der Waals surface area contributed by atoms with E-state index < -0.39 is 28.5 Å². The van der Waals surface area contributed by atoms with E-state index in [0.29, 0.717) is 28.6 Å². The van der Waals surface area contributed by atoms with Crippen LogP contribution in [0.25, 0.3) is 0 Å². The second-order valence-electron chi connectivity index (χ2n) is 9.17. The molecule has 0 fully saturated rings. The molecular weight excluding hydrogens is 538 g/mol. The largest absolute Gasteiger partial charge is 0.497 e. The predicted octanol–water partition coefficient (Wildman–Crippen LogP) is 4.20. The molecule has 0 spiro atoms. The van der Waals surface area contributed by atoms with Crippen LogP contribution in [0.1, 0.15) is 23.6 Å². The molecule has 0 aliphatic rings. The minimum atomic E-state index is -3.88. The zero-order valence-electron chi connectivity index (χ0n) is 22.6. The van der Waals surface area contributed by atoms with Gasteiger partial charge < -0.3 is 15.0 Å². The molecule has 1 atom stereocenters. The lowest BCUT2D eigenvalue weighted by Crippen LogP contribution is -2.53. The van der Waals surface area contributed by atoms with E-state index in [2.05, 4.69) is 5.32 Å². The van der Waals surface area contributed by atoms with Gasteiger partial charge in [0.05, 0.1) is 19.1 Å². The lowest BCUT2D eigenvalue weighted by molar-refractivity contribution is -0.140. The van der Waals surface area contributed by atoms with Crippen LogP contribution in [-0.2, 0) is 32.6 Å². The molecule has 0 bridgehead atoms.